The summed E-state index contributed by atoms with van der Waals surface area (Å²) in [4.78, 5) is 31.2. The second-order valence-electron chi connectivity index (χ2n) is 6.99. The second-order valence-corrected chi connectivity index (χ2v) is 8.27. The summed E-state index contributed by atoms with van der Waals surface area (Å²) in [7, 11) is 0. The van der Waals surface area contributed by atoms with Gasteiger partial charge in [0, 0.05) is 31.1 Å². The number of carbonyl (C=O) groups excluding carboxylic acids is 2. The first-order valence-corrected chi connectivity index (χ1v) is 9.42. The van der Waals surface area contributed by atoms with Crippen LogP contribution in [0.15, 0.2) is 42.5 Å². The third-order valence-corrected chi connectivity index (χ3v) is 5.82. The molecule has 25 heavy (non-hydrogen) atoms. The Labute approximate surface area is 153 Å². The van der Waals surface area contributed by atoms with Gasteiger partial charge in [0.05, 0.1) is 10.3 Å². The van der Waals surface area contributed by atoms with Crippen molar-refractivity contribution in [1.82, 2.24) is 9.80 Å². The van der Waals surface area contributed by atoms with E-state index >= 15 is 0 Å². The largest absolute Gasteiger partial charge is 0.338 e. The van der Waals surface area contributed by atoms with E-state index in [1.165, 1.54) is 11.3 Å². The molecule has 0 unspecified atom stereocenters. The number of amides is 2. The lowest BCUT2D eigenvalue weighted by Crippen LogP contribution is -2.54. The highest BCUT2D eigenvalue weighted by molar-refractivity contribution is 7.13. The molecule has 0 aliphatic carbocycles. The van der Waals surface area contributed by atoms with Crippen LogP contribution in [0.25, 0.3) is 0 Å². The maximum atomic E-state index is 13.0. The molecule has 0 bridgehead atoms. The Morgan fingerprint density at radius 1 is 0.920 bits per heavy atom. The van der Waals surface area contributed by atoms with E-state index < -0.39 is 5.41 Å². The van der Waals surface area contributed by atoms with Crippen LogP contribution in [0.3, 0.4) is 0 Å². The van der Waals surface area contributed by atoms with Crippen molar-refractivity contribution >= 4 is 23.2 Å². The molecular formula is C20H24N2O2S. The molecule has 1 aromatic heterocycles. The molecule has 0 N–H and O–H groups in total. The van der Waals surface area contributed by atoms with Gasteiger partial charge in [0.1, 0.15) is 0 Å². The Morgan fingerprint density at radius 2 is 1.52 bits per heavy atom. The van der Waals surface area contributed by atoms with Gasteiger partial charge in [0.25, 0.3) is 5.91 Å². The number of benzene rings is 1. The molecule has 1 saturated heterocycles. The van der Waals surface area contributed by atoms with Gasteiger partial charge >= 0.3 is 0 Å². The Kier molecular flexibility index (Phi) is 4.95. The SMILES string of the molecule is Cc1ccc(C(=O)N2CCN(C(=O)C(C)(C)c3ccccc3)CC2)s1. The number of rotatable bonds is 3. The van der Waals surface area contributed by atoms with Crippen molar-refractivity contribution in [3.05, 3.63) is 57.8 Å². The summed E-state index contributed by atoms with van der Waals surface area (Å²) in [6.45, 7) is 8.30. The van der Waals surface area contributed by atoms with E-state index in [-0.39, 0.29) is 11.8 Å². The Balaban J connectivity index is 1.64. The molecule has 4 nitrogen and oxygen atoms in total. The normalized spacial score (nSPS) is 15.3. The van der Waals surface area contributed by atoms with Gasteiger partial charge < -0.3 is 9.80 Å². The van der Waals surface area contributed by atoms with E-state index in [1.54, 1.807) is 0 Å². The van der Waals surface area contributed by atoms with E-state index in [9.17, 15) is 9.59 Å². The second kappa shape index (κ2) is 7.00. The zero-order valence-corrected chi connectivity index (χ0v) is 15.8. The molecule has 0 spiro atoms. The van der Waals surface area contributed by atoms with Crippen molar-refractivity contribution in [2.24, 2.45) is 0 Å². The minimum absolute atomic E-state index is 0.0764. The van der Waals surface area contributed by atoms with E-state index in [2.05, 4.69) is 0 Å². The standard InChI is InChI=1S/C20H24N2O2S/c1-15-9-10-17(25-15)18(23)21-11-13-22(14-12-21)19(24)20(2,3)16-7-5-4-6-8-16/h4-10H,11-14H2,1-3H3. The first-order valence-electron chi connectivity index (χ1n) is 8.60. The van der Waals surface area contributed by atoms with Crippen LogP contribution in [0.1, 0.15) is 34.0 Å². The van der Waals surface area contributed by atoms with Crippen molar-refractivity contribution in [3.63, 3.8) is 0 Å². The van der Waals surface area contributed by atoms with Crippen LogP contribution < -0.4 is 0 Å². The molecule has 2 amide bonds. The highest BCUT2D eigenvalue weighted by atomic mass is 32.1. The van der Waals surface area contributed by atoms with Crippen molar-refractivity contribution in [3.8, 4) is 0 Å². The fourth-order valence-electron chi connectivity index (χ4n) is 3.19. The summed E-state index contributed by atoms with van der Waals surface area (Å²) in [5.41, 5.74) is 0.464. The van der Waals surface area contributed by atoms with Crippen LogP contribution in [0.5, 0.6) is 0 Å². The van der Waals surface area contributed by atoms with E-state index in [1.807, 2.05) is 73.0 Å². The first kappa shape index (κ1) is 17.7. The zero-order chi connectivity index (χ0) is 18.0. The minimum Gasteiger partial charge on any atom is -0.338 e. The lowest BCUT2D eigenvalue weighted by molar-refractivity contribution is -0.137. The van der Waals surface area contributed by atoms with Crippen molar-refractivity contribution < 1.29 is 9.59 Å². The molecule has 2 heterocycles. The molecule has 0 radical (unpaired) electrons. The fraction of sp³-hybridized carbons (Fsp3) is 0.400. The average Bonchev–Trinajstić information content (AvgIpc) is 3.07. The van der Waals surface area contributed by atoms with Gasteiger partial charge in [-0.05, 0) is 38.5 Å². The maximum absolute atomic E-state index is 13.0. The summed E-state index contributed by atoms with van der Waals surface area (Å²) in [6.07, 6.45) is 0. The summed E-state index contributed by atoms with van der Waals surface area (Å²) in [5.74, 6) is 0.199. The van der Waals surface area contributed by atoms with E-state index in [0.29, 0.717) is 26.2 Å². The van der Waals surface area contributed by atoms with Crippen LogP contribution in [-0.4, -0.2) is 47.8 Å². The van der Waals surface area contributed by atoms with Gasteiger partial charge in [-0.15, -0.1) is 11.3 Å². The number of hydrogen-bond acceptors (Lipinski definition) is 3. The number of piperazine rings is 1. The molecule has 0 saturated carbocycles. The molecule has 1 aliphatic rings. The molecule has 5 heteroatoms. The van der Waals surface area contributed by atoms with Gasteiger partial charge in [0.2, 0.25) is 5.91 Å². The first-order chi connectivity index (χ1) is 11.9. The predicted octanol–water partition coefficient (Wildman–Crippen LogP) is 3.32. The number of hydrogen-bond donors (Lipinski definition) is 0. The molecule has 1 fully saturated rings. The Hall–Kier alpha value is -2.14. The predicted molar refractivity (Wildman–Crippen MR) is 101 cm³/mol. The number of aryl methyl sites for hydroxylation is 1. The topological polar surface area (TPSA) is 40.6 Å². The fourth-order valence-corrected chi connectivity index (χ4v) is 4.03. The van der Waals surface area contributed by atoms with Crippen molar-refractivity contribution in [2.45, 2.75) is 26.2 Å². The Bertz CT molecular complexity index is 759. The monoisotopic (exact) mass is 356 g/mol. The summed E-state index contributed by atoms with van der Waals surface area (Å²) < 4.78 is 0. The molecule has 3 rings (SSSR count). The molecule has 1 aliphatic heterocycles. The molecule has 0 atom stereocenters. The van der Waals surface area contributed by atoms with Gasteiger partial charge in [-0.2, -0.15) is 0 Å². The number of thiophene rings is 1. The number of carbonyl (C=O) groups is 2. The highest BCUT2D eigenvalue weighted by Gasteiger charge is 2.35. The van der Waals surface area contributed by atoms with Gasteiger partial charge in [0.15, 0.2) is 0 Å². The van der Waals surface area contributed by atoms with Crippen LogP contribution in [0.2, 0.25) is 0 Å². The lowest BCUT2D eigenvalue weighted by Gasteiger charge is -2.38. The van der Waals surface area contributed by atoms with Crippen LogP contribution in [0, 0.1) is 6.92 Å². The molecule has 1 aromatic carbocycles. The van der Waals surface area contributed by atoms with Crippen LogP contribution >= 0.6 is 11.3 Å². The number of nitrogens with zero attached hydrogens (tertiary/aromatic N) is 2. The quantitative estimate of drug-likeness (QED) is 0.846. The van der Waals surface area contributed by atoms with Gasteiger partial charge in [-0.1, -0.05) is 30.3 Å². The molecule has 2 aromatic rings. The van der Waals surface area contributed by atoms with E-state index in [4.69, 9.17) is 0 Å². The van der Waals surface area contributed by atoms with Gasteiger partial charge in [-0.3, -0.25) is 9.59 Å². The summed E-state index contributed by atoms with van der Waals surface area (Å²) in [6, 6.07) is 13.7. The van der Waals surface area contributed by atoms with Gasteiger partial charge in [-0.25, -0.2) is 0 Å². The Morgan fingerprint density at radius 3 is 2.08 bits per heavy atom. The van der Waals surface area contributed by atoms with Crippen molar-refractivity contribution in [1.29, 1.82) is 0 Å². The van der Waals surface area contributed by atoms with Crippen molar-refractivity contribution in [2.75, 3.05) is 26.2 Å². The highest BCUT2D eigenvalue weighted by Crippen LogP contribution is 2.26. The summed E-state index contributed by atoms with van der Waals surface area (Å²) >= 11 is 1.53. The maximum Gasteiger partial charge on any atom is 0.264 e. The summed E-state index contributed by atoms with van der Waals surface area (Å²) in [5, 5.41) is 0. The smallest absolute Gasteiger partial charge is 0.264 e. The third kappa shape index (κ3) is 3.61. The van der Waals surface area contributed by atoms with Crippen LogP contribution in [-0.2, 0) is 10.2 Å². The molecular weight excluding hydrogens is 332 g/mol. The van der Waals surface area contributed by atoms with E-state index in [0.717, 1.165) is 15.3 Å². The average molecular weight is 356 g/mol. The molecule has 132 valence electrons. The minimum atomic E-state index is -0.557. The zero-order valence-electron chi connectivity index (χ0n) is 15.0. The van der Waals surface area contributed by atoms with Crippen LogP contribution in [0.4, 0.5) is 0 Å². The third-order valence-electron chi connectivity index (χ3n) is 4.84. The lowest BCUT2D eigenvalue weighted by atomic mass is 9.83.